The summed E-state index contributed by atoms with van der Waals surface area (Å²) >= 11 is 0. The number of hydrogen-bond donors (Lipinski definition) is 1. The molecule has 1 atom stereocenters. The van der Waals surface area contributed by atoms with Gasteiger partial charge in [-0.15, -0.1) is 0 Å². The molecular weight excluding hydrogens is 294 g/mol. The summed E-state index contributed by atoms with van der Waals surface area (Å²) in [6.45, 7) is 3.96. The van der Waals surface area contributed by atoms with Gasteiger partial charge in [0.2, 0.25) is 0 Å². The van der Waals surface area contributed by atoms with E-state index in [2.05, 4.69) is 0 Å². The first-order valence-electron chi connectivity index (χ1n) is 8.31. The third-order valence-electron chi connectivity index (χ3n) is 5.09. The van der Waals surface area contributed by atoms with Crippen LogP contribution < -0.4 is 4.74 Å². The largest absolute Gasteiger partial charge is 0.494 e. The summed E-state index contributed by atoms with van der Waals surface area (Å²) in [5.74, 6) is -0.162. The highest BCUT2D eigenvalue weighted by Gasteiger charge is 2.59. The summed E-state index contributed by atoms with van der Waals surface area (Å²) in [5, 5.41) is 9.13. The van der Waals surface area contributed by atoms with Gasteiger partial charge in [0.1, 0.15) is 5.75 Å². The molecule has 1 saturated carbocycles. The zero-order chi connectivity index (χ0) is 16.4. The second kappa shape index (κ2) is 6.22. The fraction of sp³-hybridized carbons (Fsp3) is 0.556. The summed E-state index contributed by atoms with van der Waals surface area (Å²) in [7, 11) is 0. The highest BCUT2D eigenvalue weighted by molar-refractivity contribution is 5.94. The lowest BCUT2D eigenvalue weighted by Gasteiger charge is -2.32. The Morgan fingerprint density at radius 2 is 2.09 bits per heavy atom. The molecule has 1 aromatic rings. The van der Waals surface area contributed by atoms with Crippen molar-refractivity contribution < 1.29 is 19.4 Å². The Morgan fingerprint density at radius 3 is 2.70 bits per heavy atom. The van der Waals surface area contributed by atoms with Gasteiger partial charge in [-0.25, -0.2) is 0 Å². The number of nitrogens with zero attached hydrogens (tertiary/aromatic N) is 1. The number of carbonyl (C=O) groups excluding carboxylic acids is 1. The minimum atomic E-state index is -0.689. The number of carboxylic acids is 1. The molecule has 0 radical (unpaired) electrons. The lowest BCUT2D eigenvalue weighted by atomic mass is 9.90. The molecule has 1 aliphatic carbocycles. The standard InChI is InChI=1S/C18H23NO4/c1-2-10-23-14-5-3-4-13(11-14)16(20)19-8-6-18(7-9-19)12-15(18)17(21)22/h3-5,11,15H,2,6-10,12H2,1H3,(H,21,22). The summed E-state index contributed by atoms with van der Waals surface area (Å²) < 4.78 is 5.58. The van der Waals surface area contributed by atoms with Crippen molar-refractivity contribution in [3.8, 4) is 5.75 Å². The van der Waals surface area contributed by atoms with E-state index in [1.807, 2.05) is 30.0 Å². The van der Waals surface area contributed by atoms with Crippen molar-refractivity contribution in [1.82, 2.24) is 4.90 Å². The second-order valence-corrected chi connectivity index (χ2v) is 6.63. The molecule has 0 bridgehead atoms. The highest BCUT2D eigenvalue weighted by atomic mass is 16.5. The molecule has 1 unspecified atom stereocenters. The molecule has 1 aromatic carbocycles. The second-order valence-electron chi connectivity index (χ2n) is 6.63. The van der Waals surface area contributed by atoms with Crippen LogP contribution in [0.3, 0.4) is 0 Å². The minimum absolute atomic E-state index is 0.00863. The molecule has 5 nitrogen and oxygen atoms in total. The van der Waals surface area contributed by atoms with E-state index in [4.69, 9.17) is 9.84 Å². The molecule has 23 heavy (non-hydrogen) atoms. The predicted molar refractivity (Wildman–Crippen MR) is 85.5 cm³/mol. The molecule has 1 amide bonds. The number of ether oxygens (including phenoxy) is 1. The first kappa shape index (κ1) is 15.8. The third kappa shape index (κ3) is 3.19. The van der Waals surface area contributed by atoms with Gasteiger partial charge in [-0.2, -0.15) is 0 Å². The topological polar surface area (TPSA) is 66.8 Å². The van der Waals surface area contributed by atoms with Crippen molar-refractivity contribution in [3.05, 3.63) is 29.8 Å². The van der Waals surface area contributed by atoms with E-state index in [-0.39, 0.29) is 17.2 Å². The molecule has 1 aliphatic heterocycles. The van der Waals surface area contributed by atoms with Gasteiger partial charge >= 0.3 is 5.97 Å². The van der Waals surface area contributed by atoms with E-state index in [0.29, 0.717) is 25.3 Å². The van der Waals surface area contributed by atoms with Crippen LogP contribution in [0.5, 0.6) is 5.75 Å². The Balaban J connectivity index is 1.60. The number of hydrogen-bond acceptors (Lipinski definition) is 3. The van der Waals surface area contributed by atoms with E-state index in [0.717, 1.165) is 31.4 Å². The first-order chi connectivity index (χ1) is 11.1. The summed E-state index contributed by atoms with van der Waals surface area (Å²) in [6.07, 6.45) is 3.28. The Kier molecular flexibility index (Phi) is 4.28. The van der Waals surface area contributed by atoms with E-state index >= 15 is 0 Å². The van der Waals surface area contributed by atoms with Crippen LogP contribution in [0.2, 0.25) is 0 Å². The van der Waals surface area contributed by atoms with Crippen LogP contribution in [0.15, 0.2) is 24.3 Å². The van der Waals surface area contributed by atoms with E-state index in [1.54, 1.807) is 6.07 Å². The van der Waals surface area contributed by atoms with Gasteiger partial charge in [0.15, 0.2) is 0 Å². The fourth-order valence-electron chi connectivity index (χ4n) is 3.53. The quantitative estimate of drug-likeness (QED) is 0.907. The van der Waals surface area contributed by atoms with Crippen molar-refractivity contribution >= 4 is 11.9 Å². The maximum absolute atomic E-state index is 12.6. The zero-order valence-electron chi connectivity index (χ0n) is 13.5. The third-order valence-corrected chi connectivity index (χ3v) is 5.09. The van der Waals surface area contributed by atoms with Crippen LogP contribution in [0.25, 0.3) is 0 Å². The van der Waals surface area contributed by atoms with E-state index in [1.165, 1.54) is 0 Å². The van der Waals surface area contributed by atoms with E-state index < -0.39 is 5.97 Å². The lowest BCUT2D eigenvalue weighted by Crippen LogP contribution is -2.40. The molecule has 2 fully saturated rings. The zero-order valence-corrected chi connectivity index (χ0v) is 13.5. The average molecular weight is 317 g/mol. The van der Waals surface area contributed by atoms with Gasteiger partial charge in [0.05, 0.1) is 12.5 Å². The molecule has 1 N–H and O–H groups in total. The molecule has 1 heterocycles. The summed E-state index contributed by atoms with van der Waals surface area (Å²) in [6, 6.07) is 7.30. The Morgan fingerprint density at radius 1 is 1.35 bits per heavy atom. The van der Waals surface area contributed by atoms with Gasteiger partial charge in [-0.05, 0) is 49.3 Å². The summed E-state index contributed by atoms with van der Waals surface area (Å²) in [4.78, 5) is 25.6. The molecule has 0 aromatic heterocycles. The molecule has 1 saturated heterocycles. The number of rotatable bonds is 5. The number of amides is 1. The number of carbonyl (C=O) groups is 2. The molecule has 124 valence electrons. The Labute approximate surface area is 136 Å². The molecule has 3 rings (SSSR count). The van der Waals surface area contributed by atoms with Crippen LogP contribution in [-0.2, 0) is 4.79 Å². The Bertz CT molecular complexity index is 605. The van der Waals surface area contributed by atoms with Gasteiger partial charge in [0, 0.05) is 18.7 Å². The molecular formula is C18H23NO4. The van der Waals surface area contributed by atoms with Crippen molar-refractivity contribution in [2.75, 3.05) is 19.7 Å². The number of aliphatic carboxylic acids is 1. The predicted octanol–water partition coefficient (Wildman–Crippen LogP) is 2.80. The highest BCUT2D eigenvalue weighted by Crippen LogP contribution is 2.59. The van der Waals surface area contributed by atoms with Gasteiger partial charge in [-0.1, -0.05) is 13.0 Å². The van der Waals surface area contributed by atoms with Crippen molar-refractivity contribution in [2.24, 2.45) is 11.3 Å². The average Bonchev–Trinajstić information content (AvgIpc) is 3.27. The van der Waals surface area contributed by atoms with Gasteiger partial charge in [-0.3, -0.25) is 9.59 Å². The van der Waals surface area contributed by atoms with Crippen LogP contribution in [0.4, 0.5) is 0 Å². The minimum Gasteiger partial charge on any atom is -0.494 e. The number of benzene rings is 1. The van der Waals surface area contributed by atoms with Crippen LogP contribution in [0.1, 0.15) is 43.0 Å². The smallest absolute Gasteiger partial charge is 0.307 e. The van der Waals surface area contributed by atoms with Gasteiger partial charge in [0.25, 0.3) is 5.91 Å². The van der Waals surface area contributed by atoms with Crippen molar-refractivity contribution in [2.45, 2.75) is 32.6 Å². The van der Waals surface area contributed by atoms with Crippen LogP contribution in [0, 0.1) is 11.3 Å². The summed E-state index contributed by atoms with van der Waals surface area (Å²) in [5.41, 5.74) is 0.592. The van der Waals surface area contributed by atoms with Crippen molar-refractivity contribution in [3.63, 3.8) is 0 Å². The number of piperidine rings is 1. The SMILES string of the molecule is CCCOc1cccc(C(=O)N2CCC3(CC2)CC3C(=O)O)c1. The van der Waals surface area contributed by atoms with Crippen LogP contribution >= 0.6 is 0 Å². The fourth-order valence-corrected chi connectivity index (χ4v) is 3.53. The lowest BCUT2D eigenvalue weighted by molar-refractivity contribution is -0.139. The maximum atomic E-state index is 12.6. The first-order valence-corrected chi connectivity index (χ1v) is 8.31. The van der Waals surface area contributed by atoms with E-state index in [9.17, 15) is 9.59 Å². The van der Waals surface area contributed by atoms with Crippen molar-refractivity contribution in [1.29, 1.82) is 0 Å². The van der Waals surface area contributed by atoms with Gasteiger partial charge < -0.3 is 14.7 Å². The molecule has 2 aliphatic rings. The molecule has 1 spiro atoms. The number of carboxylic acid groups (broad SMARTS) is 1. The Hall–Kier alpha value is -2.04. The normalized spacial score (nSPS) is 22.0. The molecule has 5 heteroatoms. The maximum Gasteiger partial charge on any atom is 0.307 e. The monoisotopic (exact) mass is 317 g/mol. The number of likely N-dealkylation sites (tertiary alicyclic amines) is 1. The van der Waals surface area contributed by atoms with Crippen LogP contribution in [-0.4, -0.2) is 41.6 Å².